The van der Waals surface area contributed by atoms with Crippen LogP contribution < -0.4 is 4.74 Å². The summed E-state index contributed by atoms with van der Waals surface area (Å²) in [5.41, 5.74) is 0.971. The molecule has 1 fully saturated rings. The minimum absolute atomic E-state index is 0.319. The van der Waals surface area contributed by atoms with Crippen LogP contribution in [0, 0.1) is 11.8 Å². The summed E-state index contributed by atoms with van der Waals surface area (Å²) in [5.74, 6) is 1.92. The van der Waals surface area contributed by atoms with Gasteiger partial charge in [-0.05, 0) is 36.0 Å². The minimum Gasteiger partial charge on any atom is -0.497 e. The van der Waals surface area contributed by atoms with Crippen LogP contribution in [0.15, 0.2) is 24.3 Å². The van der Waals surface area contributed by atoms with Gasteiger partial charge in [0, 0.05) is 0 Å². The first-order valence-electron chi connectivity index (χ1n) is 5.04. The molecule has 2 nitrogen and oxygen atoms in total. The van der Waals surface area contributed by atoms with E-state index in [4.69, 9.17) is 4.74 Å². The van der Waals surface area contributed by atoms with Crippen LogP contribution in [0.3, 0.4) is 0 Å². The monoisotopic (exact) mass is 192 g/mol. The van der Waals surface area contributed by atoms with E-state index < -0.39 is 0 Å². The van der Waals surface area contributed by atoms with Crippen LogP contribution in [0.5, 0.6) is 5.75 Å². The maximum absolute atomic E-state index is 10.00. The van der Waals surface area contributed by atoms with Crippen molar-refractivity contribution < 1.29 is 9.84 Å². The Labute approximate surface area is 84.5 Å². The molecule has 0 radical (unpaired) electrons. The Morgan fingerprint density at radius 3 is 2.79 bits per heavy atom. The SMILES string of the molecule is COc1cccc(C(O)C2CC2C)c1. The van der Waals surface area contributed by atoms with Crippen LogP contribution in [0.2, 0.25) is 0 Å². The molecule has 1 N–H and O–H groups in total. The third kappa shape index (κ3) is 1.75. The molecule has 0 bridgehead atoms. The topological polar surface area (TPSA) is 29.5 Å². The molecule has 0 aliphatic heterocycles. The highest BCUT2D eigenvalue weighted by Gasteiger charge is 2.39. The van der Waals surface area contributed by atoms with Crippen LogP contribution >= 0.6 is 0 Å². The predicted molar refractivity (Wildman–Crippen MR) is 55.2 cm³/mol. The zero-order valence-corrected chi connectivity index (χ0v) is 8.60. The number of aliphatic hydroxyl groups is 1. The molecule has 1 saturated carbocycles. The van der Waals surface area contributed by atoms with Crippen molar-refractivity contribution in [1.29, 1.82) is 0 Å². The summed E-state index contributed by atoms with van der Waals surface area (Å²) in [6, 6.07) is 7.69. The molecular formula is C12H16O2. The van der Waals surface area contributed by atoms with Gasteiger partial charge in [-0.3, -0.25) is 0 Å². The summed E-state index contributed by atoms with van der Waals surface area (Å²) in [6.45, 7) is 2.17. The predicted octanol–water partition coefficient (Wildman–Crippen LogP) is 2.38. The highest BCUT2D eigenvalue weighted by atomic mass is 16.5. The van der Waals surface area contributed by atoms with E-state index in [0.29, 0.717) is 11.8 Å². The van der Waals surface area contributed by atoms with Gasteiger partial charge < -0.3 is 9.84 Å². The van der Waals surface area contributed by atoms with Crippen molar-refractivity contribution in [2.75, 3.05) is 7.11 Å². The summed E-state index contributed by atoms with van der Waals surface area (Å²) >= 11 is 0. The van der Waals surface area contributed by atoms with Crippen molar-refractivity contribution in [2.45, 2.75) is 19.4 Å². The molecule has 0 aromatic heterocycles. The molecule has 0 saturated heterocycles. The van der Waals surface area contributed by atoms with Gasteiger partial charge in [-0.2, -0.15) is 0 Å². The molecule has 14 heavy (non-hydrogen) atoms. The lowest BCUT2D eigenvalue weighted by Crippen LogP contribution is -2.01. The van der Waals surface area contributed by atoms with Crippen molar-refractivity contribution in [3.05, 3.63) is 29.8 Å². The Balaban J connectivity index is 2.14. The average Bonchev–Trinajstić information content (AvgIpc) is 2.94. The number of hydrogen-bond acceptors (Lipinski definition) is 2. The molecule has 2 heteroatoms. The Morgan fingerprint density at radius 1 is 1.50 bits per heavy atom. The number of methoxy groups -OCH3 is 1. The number of benzene rings is 1. The lowest BCUT2D eigenvalue weighted by molar-refractivity contribution is 0.148. The Hall–Kier alpha value is -1.02. The van der Waals surface area contributed by atoms with Crippen LogP contribution in [-0.2, 0) is 0 Å². The number of ether oxygens (including phenoxy) is 1. The highest BCUT2D eigenvalue weighted by Crippen LogP contribution is 2.47. The number of rotatable bonds is 3. The van der Waals surface area contributed by atoms with Crippen molar-refractivity contribution in [3.8, 4) is 5.75 Å². The summed E-state index contributed by atoms with van der Waals surface area (Å²) < 4.78 is 5.12. The molecule has 0 spiro atoms. The first-order chi connectivity index (χ1) is 6.72. The van der Waals surface area contributed by atoms with Gasteiger partial charge in [0.05, 0.1) is 13.2 Å². The number of aliphatic hydroxyl groups excluding tert-OH is 1. The van der Waals surface area contributed by atoms with Crippen molar-refractivity contribution in [3.63, 3.8) is 0 Å². The first kappa shape index (κ1) is 9.53. The average molecular weight is 192 g/mol. The zero-order chi connectivity index (χ0) is 10.1. The van der Waals surface area contributed by atoms with Gasteiger partial charge in [-0.25, -0.2) is 0 Å². The van der Waals surface area contributed by atoms with Gasteiger partial charge in [-0.15, -0.1) is 0 Å². The fourth-order valence-corrected chi connectivity index (χ4v) is 1.86. The van der Waals surface area contributed by atoms with E-state index in [1.165, 1.54) is 0 Å². The van der Waals surface area contributed by atoms with E-state index in [-0.39, 0.29) is 6.10 Å². The van der Waals surface area contributed by atoms with E-state index in [1.807, 2.05) is 24.3 Å². The quantitative estimate of drug-likeness (QED) is 0.796. The minimum atomic E-state index is -0.319. The molecule has 1 aliphatic carbocycles. The fourth-order valence-electron chi connectivity index (χ4n) is 1.86. The first-order valence-corrected chi connectivity index (χ1v) is 5.04. The summed E-state index contributed by atoms with van der Waals surface area (Å²) in [6.07, 6.45) is 0.818. The fraction of sp³-hybridized carbons (Fsp3) is 0.500. The van der Waals surface area contributed by atoms with E-state index in [1.54, 1.807) is 7.11 Å². The molecule has 2 rings (SSSR count). The second-order valence-electron chi connectivity index (χ2n) is 4.10. The normalized spacial score (nSPS) is 27.1. The molecule has 1 aromatic carbocycles. The lowest BCUT2D eigenvalue weighted by atomic mass is 10.0. The Kier molecular flexibility index (Phi) is 2.46. The largest absolute Gasteiger partial charge is 0.497 e. The molecular weight excluding hydrogens is 176 g/mol. The van der Waals surface area contributed by atoms with Crippen LogP contribution in [0.4, 0.5) is 0 Å². The Morgan fingerprint density at radius 2 is 2.21 bits per heavy atom. The van der Waals surface area contributed by atoms with E-state index >= 15 is 0 Å². The second-order valence-corrected chi connectivity index (χ2v) is 4.10. The van der Waals surface area contributed by atoms with Crippen LogP contribution in [0.1, 0.15) is 25.0 Å². The third-order valence-electron chi connectivity index (χ3n) is 3.01. The molecule has 3 unspecified atom stereocenters. The smallest absolute Gasteiger partial charge is 0.119 e. The summed E-state index contributed by atoms with van der Waals surface area (Å²) in [4.78, 5) is 0. The van der Waals surface area contributed by atoms with Crippen LogP contribution in [-0.4, -0.2) is 12.2 Å². The van der Waals surface area contributed by atoms with Gasteiger partial charge >= 0.3 is 0 Å². The zero-order valence-electron chi connectivity index (χ0n) is 8.60. The maximum atomic E-state index is 10.00. The van der Waals surface area contributed by atoms with Gasteiger partial charge in [0.15, 0.2) is 0 Å². The van der Waals surface area contributed by atoms with Gasteiger partial charge in [0.25, 0.3) is 0 Å². The van der Waals surface area contributed by atoms with E-state index in [0.717, 1.165) is 17.7 Å². The second kappa shape index (κ2) is 3.62. The van der Waals surface area contributed by atoms with Crippen molar-refractivity contribution in [1.82, 2.24) is 0 Å². The number of hydrogen-bond donors (Lipinski definition) is 1. The lowest BCUT2D eigenvalue weighted by Gasteiger charge is -2.11. The molecule has 0 amide bonds. The molecule has 76 valence electrons. The summed E-state index contributed by atoms with van der Waals surface area (Å²) in [5, 5.41) is 10.00. The van der Waals surface area contributed by atoms with Gasteiger partial charge in [0.1, 0.15) is 5.75 Å². The van der Waals surface area contributed by atoms with Gasteiger partial charge in [0.2, 0.25) is 0 Å². The maximum Gasteiger partial charge on any atom is 0.119 e. The van der Waals surface area contributed by atoms with E-state index in [9.17, 15) is 5.11 Å². The standard InChI is InChI=1S/C12H16O2/c1-8-6-11(8)12(13)9-4-3-5-10(7-9)14-2/h3-5,7-8,11-13H,6H2,1-2H3. The Bertz CT molecular complexity index is 322. The molecule has 1 aromatic rings. The summed E-state index contributed by atoms with van der Waals surface area (Å²) in [7, 11) is 1.64. The van der Waals surface area contributed by atoms with E-state index in [2.05, 4.69) is 6.92 Å². The van der Waals surface area contributed by atoms with Gasteiger partial charge in [-0.1, -0.05) is 19.1 Å². The van der Waals surface area contributed by atoms with Crippen molar-refractivity contribution >= 4 is 0 Å². The molecule has 1 aliphatic rings. The molecule has 0 heterocycles. The highest BCUT2D eigenvalue weighted by molar-refractivity contribution is 5.30. The third-order valence-corrected chi connectivity index (χ3v) is 3.01. The molecule has 3 atom stereocenters. The van der Waals surface area contributed by atoms with Crippen LogP contribution in [0.25, 0.3) is 0 Å². The van der Waals surface area contributed by atoms with Crippen molar-refractivity contribution in [2.24, 2.45) is 11.8 Å².